The summed E-state index contributed by atoms with van der Waals surface area (Å²) in [6.07, 6.45) is 0.776. The lowest BCUT2D eigenvalue weighted by atomic mass is 10.1. The van der Waals surface area contributed by atoms with E-state index < -0.39 is 10.2 Å². The SMILES string of the molecule is CN(C)/C(Cc1ccccc1)=N/C(Cl)=[N+](C)C.[O-][Cl+3]([O-])([O-])[O-]. The molecule has 1 aromatic rings. The topological polar surface area (TPSA) is 111 Å². The Morgan fingerprint density at radius 1 is 1.14 bits per heavy atom. The number of nitrogens with zero attached hydrogens (tertiary/aromatic N) is 3. The summed E-state index contributed by atoms with van der Waals surface area (Å²) in [5.74, 6) is 0.940. The van der Waals surface area contributed by atoms with Gasteiger partial charge < -0.3 is 4.90 Å². The fraction of sp³-hybridized carbons (Fsp3) is 0.385. The van der Waals surface area contributed by atoms with Crippen molar-refractivity contribution in [3.8, 4) is 0 Å². The first-order chi connectivity index (χ1) is 10.0. The largest absolute Gasteiger partial charge is 0.392 e. The van der Waals surface area contributed by atoms with Gasteiger partial charge in [0.15, 0.2) is 0 Å². The maximum atomic E-state index is 8.49. The van der Waals surface area contributed by atoms with Gasteiger partial charge in [0.05, 0.1) is 20.5 Å². The van der Waals surface area contributed by atoms with Crippen molar-refractivity contribution in [1.82, 2.24) is 4.90 Å². The minimum atomic E-state index is -4.94. The Morgan fingerprint density at radius 3 is 1.95 bits per heavy atom. The zero-order chi connectivity index (χ0) is 17.3. The molecule has 9 heteroatoms. The first kappa shape index (κ1) is 20.8. The van der Waals surface area contributed by atoms with Crippen LogP contribution in [0.25, 0.3) is 0 Å². The molecule has 0 radical (unpaired) electrons. The maximum absolute atomic E-state index is 8.49. The number of likely N-dealkylation sites (N-methyl/N-ethyl adjacent to an activating group) is 1. The summed E-state index contributed by atoms with van der Waals surface area (Å²) in [6, 6.07) is 10.2. The van der Waals surface area contributed by atoms with Gasteiger partial charge in [0.25, 0.3) is 0 Å². The molecule has 0 aliphatic heterocycles. The second kappa shape index (κ2) is 9.73. The highest BCUT2D eigenvalue weighted by Gasteiger charge is 2.13. The Balaban J connectivity index is 0.000000763. The lowest BCUT2D eigenvalue weighted by molar-refractivity contribution is -2.00. The van der Waals surface area contributed by atoms with Crippen LogP contribution < -0.4 is 18.6 Å². The summed E-state index contributed by atoms with van der Waals surface area (Å²) >= 11 is 6.05. The first-order valence-electron chi connectivity index (χ1n) is 6.11. The molecule has 22 heavy (non-hydrogen) atoms. The highest BCUT2D eigenvalue weighted by Crippen LogP contribution is 2.03. The van der Waals surface area contributed by atoms with Crippen molar-refractivity contribution >= 4 is 22.7 Å². The summed E-state index contributed by atoms with van der Waals surface area (Å²) < 4.78 is 35.8. The van der Waals surface area contributed by atoms with Gasteiger partial charge in [0.1, 0.15) is 0 Å². The molecular formula is C13H19Cl2N3O4. The van der Waals surface area contributed by atoms with Gasteiger partial charge in [0, 0.05) is 25.7 Å². The Labute approximate surface area is 137 Å². The van der Waals surface area contributed by atoms with Crippen molar-refractivity contribution in [2.45, 2.75) is 6.42 Å². The molecule has 0 spiro atoms. The zero-order valence-corrected chi connectivity index (χ0v) is 14.3. The van der Waals surface area contributed by atoms with E-state index in [0.29, 0.717) is 5.29 Å². The van der Waals surface area contributed by atoms with Crippen molar-refractivity contribution in [2.75, 3.05) is 28.2 Å². The Hall–Kier alpha value is -1.22. The van der Waals surface area contributed by atoms with E-state index in [2.05, 4.69) is 17.1 Å². The quantitative estimate of drug-likeness (QED) is 0.249. The molecule has 0 unspecified atom stereocenters. The monoisotopic (exact) mass is 351 g/mol. The highest BCUT2D eigenvalue weighted by molar-refractivity contribution is 6.64. The lowest BCUT2D eigenvalue weighted by Gasteiger charge is -2.17. The average Bonchev–Trinajstić information content (AvgIpc) is 2.36. The van der Waals surface area contributed by atoms with E-state index >= 15 is 0 Å². The summed E-state index contributed by atoms with van der Waals surface area (Å²) in [4.78, 5) is 6.41. The van der Waals surface area contributed by atoms with Crippen LogP contribution >= 0.6 is 11.6 Å². The molecule has 1 aromatic carbocycles. The van der Waals surface area contributed by atoms with Crippen molar-refractivity contribution in [3.05, 3.63) is 35.9 Å². The number of rotatable bonds is 2. The molecule has 7 nitrogen and oxygen atoms in total. The van der Waals surface area contributed by atoms with Gasteiger partial charge in [-0.15, -0.1) is 10.2 Å². The number of halogens is 2. The van der Waals surface area contributed by atoms with Gasteiger partial charge in [-0.2, -0.15) is 0 Å². The Morgan fingerprint density at radius 2 is 1.59 bits per heavy atom. The van der Waals surface area contributed by atoms with Gasteiger partial charge in [0.2, 0.25) is 5.84 Å². The van der Waals surface area contributed by atoms with Crippen LogP contribution in [0.15, 0.2) is 35.3 Å². The zero-order valence-electron chi connectivity index (χ0n) is 12.8. The maximum Gasteiger partial charge on any atom is 0.392 e. The van der Waals surface area contributed by atoms with Crippen molar-refractivity contribution < 1.29 is 33.5 Å². The van der Waals surface area contributed by atoms with Crippen LogP contribution in [0.4, 0.5) is 0 Å². The molecule has 0 heterocycles. The fourth-order valence-corrected chi connectivity index (χ4v) is 1.38. The van der Waals surface area contributed by atoms with Crippen LogP contribution in [-0.2, 0) is 6.42 Å². The summed E-state index contributed by atoms with van der Waals surface area (Å²) in [5.41, 5.74) is 1.23. The van der Waals surface area contributed by atoms with Crippen LogP contribution in [0.5, 0.6) is 0 Å². The molecule has 0 atom stereocenters. The van der Waals surface area contributed by atoms with E-state index in [1.165, 1.54) is 5.56 Å². The number of hydrogen-bond acceptors (Lipinski definition) is 4. The lowest BCUT2D eigenvalue weighted by Crippen LogP contribution is -2.68. The highest BCUT2D eigenvalue weighted by atomic mass is 35.7. The molecule has 0 aromatic heterocycles. The first-order valence-corrected chi connectivity index (χ1v) is 7.72. The third-order valence-corrected chi connectivity index (χ3v) is 2.73. The molecule has 0 aliphatic carbocycles. The minimum Gasteiger partial charge on any atom is -0.345 e. The third-order valence-electron chi connectivity index (χ3n) is 2.31. The molecule has 0 amide bonds. The Bertz CT molecular complexity index is 504. The summed E-state index contributed by atoms with van der Waals surface area (Å²) in [6.45, 7) is 0. The molecule has 0 bridgehead atoms. The number of amidine groups is 2. The van der Waals surface area contributed by atoms with Crippen molar-refractivity contribution in [3.63, 3.8) is 0 Å². The predicted molar refractivity (Wildman–Crippen MR) is 74.2 cm³/mol. The average molecular weight is 352 g/mol. The van der Waals surface area contributed by atoms with E-state index in [9.17, 15) is 0 Å². The van der Waals surface area contributed by atoms with Gasteiger partial charge in [-0.25, -0.2) is 18.6 Å². The van der Waals surface area contributed by atoms with Crippen LogP contribution in [0.1, 0.15) is 5.56 Å². The molecule has 0 saturated heterocycles. The summed E-state index contributed by atoms with van der Waals surface area (Å²) in [7, 11) is 2.76. The van der Waals surface area contributed by atoms with Gasteiger partial charge in [-0.05, 0) is 10.6 Å². The van der Waals surface area contributed by atoms with Gasteiger partial charge >= 0.3 is 5.29 Å². The molecule has 0 aliphatic rings. The summed E-state index contributed by atoms with van der Waals surface area (Å²) in [5, 5.41) is 0.490. The van der Waals surface area contributed by atoms with Crippen LogP contribution in [0.2, 0.25) is 0 Å². The number of hydrogen-bond donors (Lipinski definition) is 0. The van der Waals surface area contributed by atoms with Crippen LogP contribution in [-0.4, -0.2) is 48.8 Å². The van der Waals surface area contributed by atoms with Gasteiger partial charge in [-0.3, -0.25) is 4.58 Å². The Kier molecular flexibility index (Phi) is 9.19. The second-order valence-electron chi connectivity index (χ2n) is 4.63. The van der Waals surface area contributed by atoms with Crippen molar-refractivity contribution in [2.24, 2.45) is 4.99 Å². The third kappa shape index (κ3) is 11.4. The molecule has 0 fully saturated rings. The normalized spacial score (nSPS) is 11.4. The molecular weight excluding hydrogens is 333 g/mol. The number of aliphatic imine (C=N–C) groups is 1. The standard InChI is InChI=1S/C13H19ClN3.ClHO4/c1-16(2)12(15-13(14)17(3)4)10-11-8-6-5-7-9-11;2-1(3,4)5/h5-9H,10H2,1-4H3;(H,2,3,4,5)/q+1;/p-1. The van der Waals surface area contributed by atoms with E-state index in [4.69, 9.17) is 30.2 Å². The smallest absolute Gasteiger partial charge is 0.345 e. The number of benzene rings is 1. The fourth-order valence-electron chi connectivity index (χ4n) is 1.28. The van der Waals surface area contributed by atoms with E-state index in [-0.39, 0.29) is 0 Å². The molecule has 0 saturated carbocycles. The second-order valence-corrected chi connectivity index (χ2v) is 5.72. The molecule has 124 valence electrons. The van der Waals surface area contributed by atoms with Gasteiger partial charge in [-0.1, -0.05) is 30.3 Å². The minimum absolute atomic E-state index is 0.490. The van der Waals surface area contributed by atoms with Crippen LogP contribution in [0, 0.1) is 10.2 Å². The molecule has 0 N–H and O–H groups in total. The van der Waals surface area contributed by atoms with E-state index in [1.807, 2.05) is 51.3 Å². The van der Waals surface area contributed by atoms with Crippen LogP contribution in [0.3, 0.4) is 0 Å². The van der Waals surface area contributed by atoms with E-state index in [0.717, 1.165) is 12.3 Å². The predicted octanol–water partition coefficient (Wildman–Crippen LogP) is -2.70. The molecule has 1 rings (SSSR count). The van der Waals surface area contributed by atoms with E-state index in [1.54, 1.807) is 4.58 Å². The van der Waals surface area contributed by atoms with Crippen molar-refractivity contribution in [1.29, 1.82) is 0 Å².